The van der Waals surface area contributed by atoms with Crippen LogP contribution in [-0.2, 0) is 10.2 Å². The summed E-state index contributed by atoms with van der Waals surface area (Å²) in [5.41, 5.74) is 1.79. The van der Waals surface area contributed by atoms with Crippen molar-refractivity contribution < 1.29 is 9.53 Å². The van der Waals surface area contributed by atoms with E-state index >= 15 is 0 Å². The lowest BCUT2D eigenvalue weighted by Crippen LogP contribution is -2.77. The van der Waals surface area contributed by atoms with Crippen LogP contribution >= 0.6 is 0 Å². The van der Waals surface area contributed by atoms with Gasteiger partial charge in [0.2, 0.25) is 5.91 Å². The first-order valence-electron chi connectivity index (χ1n) is 10.9. The van der Waals surface area contributed by atoms with Gasteiger partial charge in [-0.05, 0) is 30.7 Å². The lowest BCUT2D eigenvalue weighted by atomic mass is 9.37. The van der Waals surface area contributed by atoms with Crippen molar-refractivity contribution in [3.8, 4) is 5.75 Å². The summed E-state index contributed by atoms with van der Waals surface area (Å²) in [5, 5.41) is 0. The van der Waals surface area contributed by atoms with Gasteiger partial charge in [-0.25, -0.2) is 0 Å². The molecular formula is C28H25NO2. The van der Waals surface area contributed by atoms with Gasteiger partial charge < -0.3 is 9.64 Å². The highest BCUT2D eigenvalue weighted by Crippen LogP contribution is 2.76. The van der Waals surface area contributed by atoms with E-state index in [0.29, 0.717) is 6.54 Å². The number of hydrogen-bond donors (Lipinski definition) is 0. The van der Waals surface area contributed by atoms with Gasteiger partial charge in [-0.2, -0.15) is 0 Å². The average Bonchev–Trinajstić information content (AvgIpc) is 3.16. The van der Waals surface area contributed by atoms with Crippen LogP contribution in [0.4, 0.5) is 5.69 Å². The molecule has 3 heteroatoms. The summed E-state index contributed by atoms with van der Waals surface area (Å²) in [7, 11) is 0. The van der Waals surface area contributed by atoms with Crippen molar-refractivity contribution in [1.29, 1.82) is 0 Å². The molecule has 1 saturated heterocycles. The molecule has 1 amide bonds. The molecule has 1 aliphatic carbocycles. The number of hydrogen-bond acceptors (Lipinski definition) is 2. The Labute approximate surface area is 183 Å². The molecular weight excluding hydrogens is 382 g/mol. The Morgan fingerprint density at radius 1 is 0.871 bits per heavy atom. The maximum Gasteiger partial charge on any atom is 0.237 e. The molecule has 2 fully saturated rings. The first-order chi connectivity index (χ1) is 15.0. The first kappa shape index (κ1) is 18.4. The molecule has 4 atom stereocenters. The number of nitrogens with zero attached hydrogens (tertiary/aromatic N) is 1. The minimum atomic E-state index is -0.637. The lowest BCUT2D eigenvalue weighted by Gasteiger charge is -2.64. The molecule has 1 spiro atoms. The zero-order valence-corrected chi connectivity index (χ0v) is 17.8. The van der Waals surface area contributed by atoms with E-state index in [9.17, 15) is 4.79 Å². The quantitative estimate of drug-likeness (QED) is 0.576. The predicted octanol–water partition coefficient (Wildman–Crippen LogP) is 5.47. The van der Waals surface area contributed by atoms with E-state index in [0.717, 1.165) is 17.0 Å². The van der Waals surface area contributed by atoms with Crippen molar-refractivity contribution in [2.24, 2.45) is 11.3 Å². The van der Waals surface area contributed by atoms with Crippen molar-refractivity contribution in [1.82, 2.24) is 0 Å². The van der Waals surface area contributed by atoms with E-state index in [4.69, 9.17) is 4.74 Å². The fourth-order valence-electron chi connectivity index (χ4n) is 6.53. The van der Waals surface area contributed by atoms with Crippen LogP contribution in [0.25, 0.3) is 6.08 Å². The second-order valence-corrected chi connectivity index (χ2v) is 9.30. The SMILES string of the molecule is C[C@]12C(=O)N(c3ccccc3)C[C@]13Oc1ccccc1[C@]3(C)[C@@H]2/C=C/c1ccccc1. The smallest absolute Gasteiger partial charge is 0.237 e. The fraction of sp³-hybridized carbons (Fsp3) is 0.250. The van der Waals surface area contributed by atoms with Crippen molar-refractivity contribution in [3.05, 3.63) is 102 Å². The molecule has 6 rings (SSSR count). The maximum absolute atomic E-state index is 14.0. The summed E-state index contributed by atoms with van der Waals surface area (Å²) in [6.45, 7) is 4.95. The second-order valence-electron chi connectivity index (χ2n) is 9.30. The van der Waals surface area contributed by atoms with Crippen LogP contribution in [-0.4, -0.2) is 18.1 Å². The standard InChI is InChI=1S/C28H25NO2/c1-26-22-15-9-10-16-23(22)31-28(26)19-29(21-13-7-4-8-14-21)25(30)27(28,2)24(26)18-17-20-11-5-3-6-12-20/h3-18,24H,19H2,1-2H3/b18-17+/t24-,26+,27-,28+/m0/s1. The Hall–Kier alpha value is -3.33. The van der Waals surface area contributed by atoms with Crippen LogP contribution in [0.2, 0.25) is 0 Å². The summed E-state index contributed by atoms with van der Waals surface area (Å²) < 4.78 is 6.73. The summed E-state index contributed by atoms with van der Waals surface area (Å²) in [5.74, 6) is 1.09. The topological polar surface area (TPSA) is 29.5 Å². The monoisotopic (exact) mass is 407 g/mol. The Balaban J connectivity index is 1.51. The van der Waals surface area contributed by atoms with Gasteiger partial charge in [0.25, 0.3) is 0 Å². The largest absolute Gasteiger partial charge is 0.483 e. The van der Waals surface area contributed by atoms with Gasteiger partial charge in [-0.1, -0.05) is 85.8 Å². The zero-order valence-electron chi connectivity index (χ0n) is 17.8. The molecule has 1 saturated carbocycles. The molecule has 2 heterocycles. The first-order valence-corrected chi connectivity index (χ1v) is 10.9. The highest BCUT2D eigenvalue weighted by molar-refractivity contribution is 6.04. The van der Waals surface area contributed by atoms with E-state index in [2.05, 4.69) is 50.3 Å². The minimum Gasteiger partial charge on any atom is -0.483 e. The van der Waals surface area contributed by atoms with Gasteiger partial charge in [0.1, 0.15) is 5.75 Å². The van der Waals surface area contributed by atoms with E-state index in [1.54, 1.807) is 0 Å². The summed E-state index contributed by atoms with van der Waals surface area (Å²) in [6, 6.07) is 28.6. The van der Waals surface area contributed by atoms with E-state index in [-0.39, 0.29) is 17.2 Å². The van der Waals surface area contributed by atoms with Crippen LogP contribution in [0, 0.1) is 11.3 Å². The molecule has 0 bridgehead atoms. The molecule has 0 radical (unpaired) electrons. The number of carbonyl (C=O) groups excluding carboxylic acids is 1. The highest BCUT2D eigenvalue weighted by Gasteiger charge is 2.86. The second kappa shape index (κ2) is 6.10. The number of ether oxygens (including phenoxy) is 1. The Morgan fingerprint density at radius 2 is 1.52 bits per heavy atom. The van der Waals surface area contributed by atoms with Gasteiger partial charge in [0, 0.05) is 22.6 Å². The van der Waals surface area contributed by atoms with Crippen molar-refractivity contribution in [2.45, 2.75) is 24.9 Å². The Bertz CT molecular complexity index is 1200. The molecule has 31 heavy (non-hydrogen) atoms. The number of fused-ring (bicyclic) bond motifs is 2. The molecule has 0 N–H and O–H groups in total. The van der Waals surface area contributed by atoms with Crippen LogP contribution in [0.3, 0.4) is 0 Å². The number of para-hydroxylation sites is 2. The van der Waals surface area contributed by atoms with Crippen LogP contribution in [0.5, 0.6) is 5.75 Å². The van der Waals surface area contributed by atoms with Crippen LogP contribution in [0.1, 0.15) is 25.0 Å². The number of rotatable bonds is 3. The number of anilines is 1. The minimum absolute atomic E-state index is 0.0325. The zero-order chi connectivity index (χ0) is 21.3. The van der Waals surface area contributed by atoms with Crippen LogP contribution < -0.4 is 9.64 Å². The van der Waals surface area contributed by atoms with Crippen molar-refractivity contribution >= 4 is 17.7 Å². The van der Waals surface area contributed by atoms with E-state index in [1.807, 2.05) is 65.6 Å². The molecule has 2 aliphatic heterocycles. The van der Waals surface area contributed by atoms with Crippen molar-refractivity contribution in [2.75, 3.05) is 11.4 Å². The maximum atomic E-state index is 14.0. The normalized spacial score (nSPS) is 32.9. The predicted molar refractivity (Wildman–Crippen MR) is 123 cm³/mol. The van der Waals surface area contributed by atoms with E-state index in [1.165, 1.54) is 5.56 Å². The van der Waals surface area contributed by atoms with Gasteiger partial charge in [0.05, 0.1) is 12.0 Å². The molecule has 3 aliphatic rings. The summed E-state index contributed by atoms with van der Waals surface area (Å²) in [4.78, 5) is 15.9. The van der Waals surface area contributed by atoms with Crippen LogP contribution in [0.15, 0.2) is 91.0 Å². The highest BCUT2D eigenvalue weighted by atomic mass is 16.5. The van der Waals surface area contributed by atoms with Gasteiger partial charge in [-0.3, -0.25) is 4.79 Å². The number of allylic oxidation sites excluding steroid dienone is 1. The molecule has 3 aromatic carbocycles. The van der Waals surface area contributed by atoms with Crippen molar-refractivity contribution in [3.63, 3.8) is 0 Å². The molecule has 0 unspecified atom stereocenters. The number of benzene rings is 3. The Kier molecular flexibility index (Phi) is 3.63. The third-order valence-corrected chi connectivity index (χ3v) is 8.07. The van der Waals surface area contributed by atoms with Gasteiger partial charge in [0.15, 0.2) is 5.60 Å². The fourth-order valence-corrected chi connectivity index (χ4v) is 6.53. The molecule has 0 aromatic heterocycles. The summed E-state index contributed by atoms with van der Waals surface area (Å²) >= 11 is 0. The third-order valence-electron chi connectivity index (χ3n) is 8.07. The Morgan fingerprint density at radius 3 is 2.26 bits per heavy atom. The third kappa shape index (κ3) is 2.06. The number of carbonyl (C=O) groups is 1. The van der Waals surface area contributed by atoms with Gasteiger partial charge >= 0.3 is 0 Å². The molecule has 3 aromatic rings. The lowest BCUT2D eigenvalue weighted by molar-refractivity contribution is -0.193. The average molecular weight is 408 g/mol. The number of amides is 1. The van der Waals surface area contributed by atoms with Gasteiger partial charge in [-0.15, -0.1) is 0 Å². The summed E-state index contributed by atoms with van der Waals surface area (Å²) in [6.07, 6.45) is 4.40. The molecule has 3 nitrogen and oxygen atoms in total. The van der Waals surface area contributed by atoms with E-state index < -0.39 is 11.0 Å². The molecule has 154 valence electrons.